The minimum Gasteiger partial charge on any atom is -0.453 e. The normalized spacial score (nSPS) is 21.1. The largest absolute Gasteiger partial charge is 0.453 e. The van der Waals surface area contributed by atoms with Gasteiger partial charge < -0.3 is 24.6 Å². The molecule has 0 spiro atoms. The minimum absolute atomic E-state index is 0.305. The van der Waals surface area contributed by atoms with Gasteiger partial charge in [0.15, 0.2) is 5.75 Å². The zero-order chi connectivity index (χ0) is 27.1. The second-order valence-electron chi connectivity index (χ2n) is 10.6. The number of hydrogen-bond acceptors (Lipinski definition) is 8. The topological polar surface area (TPSA) is 104 Å². The Hall–Kier alpha value is -3.86. The molecule has 5 heterocycles. The number of anilines is 2. The Morgan fingerprint density at radius 3 is 2.60 bits per heavy atom. The summed E-state index contributed by atoms with van der Waals surface area (Å²) >= 11 is 0. The van der Waals surface area contributed by atoms with Crippen molar-refractivity contribution in [1.82, 2.24) is 19.7 Å². The summed E-state index contributed by atoms with van der Waals surface area (Å²) in [5.74, 6) is 1.60. The number of aliphatic hydroxyl groups is 1. The second-order valence-corrected chi connectivity index (χ2v) is 10.6. The number of aliphatic hydroxyl groups excluding tert-OH is 1. The highest BCUT2D eigenvalue weighted by atomic mass is 19.1. The molecule has 0 bridgehead atoms. The van der Waals surface area contributed by atoms with Crippen LogP contribution in [-0.2, 0) is 9.47 Å². The summed E-state index contributed by atoms with van der Waals surface area (Å²) in [6, 6.07) is 12.9. The monoisotopic (exact) mass is 543 g/mol. The number of hydrogen-bond donors (Lipinski definition) is 2. The van der Waals surface area contributed by atoms with E-state index in [2.05, 4.69) is 15.3 Å². The van der Waals surface area contributed by atoms with Crippen LogP contribution in [0.15, 0.2) is 61.1 Å². The van der Waals surface area contributed by atoms with Crippen LogP contribution in [0, 0.1) is 5.82 Å². The first-order valence-corrected chi connectivity index (χ1v) is 13.7. The molecule has 2 saturated heterocycles. The summed E-state index contributed by atoms with van der Waals surface area (Å²) in [4.78, 5) is 8.72. The highest BCUT2D eigenvalue weighted by Crippen LogP contribution is 2.41. The number of rotatable bonds is 8. The maximum Gasteiger partial charge on any atom is 0.173 e. The van der Waals surface area contributed by atoms with Crippen LogP contribution in [0.25, 0.3) is 11.3 Å². The molecule has 1 aromatic carbocycles. The lowest BCUT2D eigenvalue weighted by molar-refractivity contribution is -0.167. The lowest BCUT2D eigenvalue weighted by atomic mass is 9.90. The van der Waals surface area contributed by atoms with Gasteiger partial charge in [-0.3, -0.25) is 9.67 Å². The van der Waals surface area contributed by atoms with Gasteiger partial charge in [-0.15, -0.1) is 0 Å². The summed E-state index contributed by atoms with van der Waals surface area (Å²) < 4.78 is 34.6. The van der Waals surface area contributed by atoms with Gasteiger partial charge in [0, 0.05) is 42.9 Å². The molecule has 7 rings (SSSR count). The van der Waals surface area contributed by atoms with E-state index in [0.29, 0.717) is 66.0 Å². The third-order valence-electron chi connectivity index (χ3n) is 7.66. The molecular weight excluding hydrogens is 513 g/mol. The van der Waals surface area contributed by atoms with Crippen molar-refractivity contribution in [2.45, 2.75) is 49.9 Å². The molecule has 2 unspecified atom stereocenters. The number of benzene rings is 1. The van der Waals surface area contributed by atoms with Gasteiger partial charge in [-0.05, 0) is 67.5 Å². The van der Waals surface area contributed by atoms with Gasteiger partial charge in [0.2, 0.25) is 0 Å². The zero-order valence-electron chi connectivity index (χ0n) is 21.9. The van der Waals surface area contributed by atoms with Crippen molar-refractivity contribution in [2.24, 2.45) is 0 Å². The van der Waals surface area contributed by atoms with Crippen molar-refractivity contribution in [3.05, 3.63) is 78.1 Å². The van der Waals surface area contributed by atoms with Crippen LogP contribution in [0.3, 0.4) is 0 Å². The van der Waals surface area contributed by atoms with E-state index in [1.54, 1.807) is 30.6 Å². The van der Waals surface area contributed by atoms with Gasteiger partial charge >= 0.3 is 0 Å². The van der Waals surface area contributed by atoms with Gasteiger partial charge in [0.1, 0.15) is 35.3 Å². The molecule has 2 atom stereocenters. The number of aromatic nitrogens is 4. The molecule has 4 aromatic rings. The van der Waals surface area contributed by atoms with Crippen LogP contribution in [0.5, 0.6) is 11.5 Å². The van der Waals surface area contributed by atoms with E-state index in [-0.39, 0.29) is 5.82 Å². The Kier molecular flexibility index (Phi) is 6.66. The van der Waals surface area contributed by atoms with E-state index in [1.807, 2.05) is 35.1 Å². The Morgan fingerprint density at radius 1 is 1.00 bits per heavy atom. The molecule has 2 aliphatic heterocycles. The first kappa shape index (κ1) is 25.1. The predicted octanol–water partition coefficient (Wildman–Crippen LogP) is 5.68. The standard InChI is InChI=1S/C30H30FN5O4/c31-24-13-19(18-7-11-38-12-8-18)1-4-23(24)29-27(16-36(35-29)21-2-3-21)40-22-6-10-33-28(15-22)34-20-5-9-32-25(14-20)30-26(37)17-39-30/h1,4-6,9-10,13-16,18,21,26,30,37H,2-3,7-8,11-12,17H2,(H,32,33,34). The SMILES string of the molecule is OC1COC1c1cc(Nc2cc(Oc3cn(C4CC4)nc3-c3ccc(C4CCOCC4)cc3F)ccn2)ccn1. The van der Waals surface area contributed by atoms with Crippen LogP contribution < -0.4 is 10.1 Å². The fourth-order valence-corrected chi connectivity index (χ4v) is 5.23. The number of ether oxygens (including phenoxy) is 3. The maximum atomic E-state index is 15.5. The second kappa shape index (κ2) is 10.6. The molecule has 1 aliphatic carbocycles. The van der Waals surface area contributed by atoms with Crippen molar-refractivity contribution in [1.29, 1.82) is 0 Å². The molecule has 0 amide bonds. The molecule has 206 valence electrons. The Bertz CT molecular complexity index is 1520. The number of halogens is 1. The quantitative estimate of drug-likeness (QED) is 0.293. The van der Waals surface area contributed by atoms with E-state index in [0.717, 1.165) is 36.9 Å². The van der Waals surface area contributed by atoms with Crippen molar-refractivity contribution in [3.63, 3.8) is 0 Å². The fourth-order valence-electron chi connectivity index (χ4n) is 5.23. The van der Waals surface area contributed by atoms with E-state index in [9.17, 15) is 5.11 Å². The van der Waals surface area contributed by atoms with Gasteiger partial charge in [-0.2, -0.15) is 5.10 Å². The first-order valence-electron chi connectivity index (χ1n) is 13.7. The average Bonchev–Trinajstić information content (AvgIpc) is 3.74. The molecule has 3 aliphatic rings. The third kappa shape index (κ3) is 5.17. The summed E-state index contributed by atoms with van der Waals surface area (Å²) in [7, 11) is 0. The Morgan fingerprint density at radius 2 is 1.85 bits per heavy atom. The van der Waals surface area contributed by atoms with Gasteiger partial charge in [0.05, 0.1) is 24.5 Å². The molecule has 3 aromatic heterocycles. The van der Waals surface area contributed by atoms with Crippen LogP contribution >= 0.6 is 0 Å². The summed E-state index contributed by atoms with van der Waals surface area (Å²) in [6.07, 6.45) is 8.09. The number of nitrogens with one attached hydrogen (secondary N) is 1. The smallest absolute Gasteiger partial charge is 0.173 e. The molecule has 3 fully saturated rings. The van der Waals surface area contributed by atoms with E-state index < -0.39 is 12.2 Å². The number of pyridine rings is 2. The molecule has 10 heteroatoms. The summed E-state index contributed by atoms with van der Waals surface area (Å²) in [5.41, 5.74) is 3.30. The first-order chi connectivity index (χ1) is 19.6. The van der Waals surface area contributed by atoms with Crippen molar-refractivity contribution in [2.75, 3.05) is 25.1 Å². The summed E-state index contributed by atoms with van der Waals surface area (Å²) in [6.45, 7) is 1.73. The highest BCUT2D eigenvalue weighted by molar-refractivity contribution is 5.68. The fraction of sp³-hybridized carbons (Fsp3) is 0.367. The van der Waals surface area contributed by atoms with Crippen LogP contribution in [-0.4, -0.2) is 50.8 Å². The zero-order valence-corrected chi connectivity index (χ0v) is 21.9. The molecular formula is C30H30FN5O4. The van der Waals surface area contributed by atoms with Gasteiger partial charge in [0.25, 0.3) is 0 Å². The average molecular weight is 544 g/mol. The molecule has 1 saturated carbocycles. The highest BCUT2D eigenvalue weighted by Gasteiger charge is 2.33. The molecule has 0 radical (unpaired) electrons. The summed E-state index contributed by atoms with van der Waals surface area (Å²) in [5, 5.41) is 17.9. The maximum absolute atomic E-state index is 15.5. The van der Waals surface area contributed by atoms with Crippen LogP contribution in [0.2, 0.25) is 0 Å². The molecule has 2 N–H and O–H groups in total. The van der Waals surface area contributed by atoms with Crippen molar-refractivity contribution in [3.8, 4) is 22.8 Å². The van der Waals surface area contributed by atoms with E-state index in [1.165, 1.54) is 0 Å². The van der Waals surface area contributed by atoms with Crippen molar-refractivity contribution < 1.29 is 23.7 Å². The van der Waals surface area contributed by atoms with Gasteiger partial charge in [-0.1, -0.05) is 6.07 Å². The van der Waals surface area contributed by atoms with Crippen LogP contribution in [0.1, 0.15) is 55.0 Å². The lowest BCUT2D eigenvalue weighted by Crippen LogP contribution is -2.37. The van der Waals surface area contributed by atoms with Gasteiger partial charge in [-0.25, -0.2) is 9.37 Å². The predicted molar refractivity (Wildman–Crippen MR) is 145 cm³/mol. The van der Waals surface area contributed by atoms with E-state index in [4.69, 9.17) is 19.3 Å². The lowest BCUT2D eigenvalue weighted by Gasteiger charge is -2.32. The Labute approximate surface area is 230 Å². The van der Waals surface area contributed by atoms with Crippen molar-refractivity contribution >= 4 is 11.5 Å². The van der Waals surface area contributed by atoms with E-state index >= 15 is 4.39 Å². The molecule has 40 heavy (non-hydrogen) atoms. The van der Waals surface area contributed by atoms with Crippen LogP contribution in [0.4, 0.5) is 15.9 Å². The minimum atomic E-state index is -0.550. The molecule has 9 nitrogen and oxygen atoms in total. The Balaban J connectivity index is 1.13. The number of nitrogens with zero attached hydrogens (tertiary/aromatic N) is 4. The third-order valence-corrected chi connectivity index (χ3v) is 7.66.